The zero-order valence-corrected chi connectivity index (χ0v) is 10.4. The van der Waals surface area contributed by atoms with Gasteiger partial charge in [0.05, 0.1) is 5.69 Å². The van der Waals surface area contributed by atoms with E-state index in [1.807, 2.05) is 19.1 Å². The number of nitrogens with two attached hydrogens (primary N) is 1. The largest absolute Gasteiger partial charge is 0.396 e. The molecule has 0 aromatic carbocycles. The van der Waals surface area contributed by atoms with Gasteiger partial charge in [0.1, 0.15) is 0 Å². The Balaban J connectivity index is 2.25. The number of hydrogen-bond donors (Lipinski definition) is 1. The summed E-state index contributed by atoms with van der Waals surface area (Å²) in [7, 11) is 0. The van der Waals surface area contributed by atoms with Crippen LogP contribution in [0.15, 0.2) is 12.1 Å². The molecule has 0 atom stereocenters. The molecule has 1 heterocycles. The zero-order valence-electron chi connectivity index (χ0n) is 10.4. The van der Waals surface area contributed by atoms with Crippen LogP contribution in [0, 0.1) is 12.8 Å². The number of hydrogen-bond acceptors (Lipinski definition) is 3. The lowest BCUT2D eigenvalue weighted by molar-refractivity contribution is 0.637. The molecule has 1 aromatic rings. The van der Waals surface area contributed by atoms with Crippen LogP contribution in [-0.2, 0) is 0 Å². The molecule has 2 rings (SSSR count). The number of rotatable bonds is 4. The van der Waals surface area contributed by atoms with Crippen LogP contribution < -0.4 is 10.6 Å². The lowest BCUT2D eigenvalue weighted by Crippen LogP contribution is -2.34. The third-order valence-corrected chi connectivity index (χ3v) is 3.09. The van der Waals surface area contributed by atoms with Crippen molar-refractivity contribution in [1.29, 1.82) is 0 Å². The summed E-state index contributed by atoms with van der Waals surface area (Å²) in [5, 5.41) is 0. The number of aromatic nitrogens is 1. The highest BCUT2D eigenvalue weighted by Gasteiger charge is 2.27. The minimum atomic E-state index is 0.456. The van der Waals surface area contributed by atoms with E-state index in [1.165, 1.54) is 12.8 Å². The van der Waals surface area contributed by atoms with Gasteiger partial charge in [-0.1, -0.05) is 0 Å². The van der Waals surface area contributed by atoms with Gasteiger partial charge in [-0.05, 0) is 51.7 Å². The third-order valence-electron chi connectivity index (χ3n) is 3.09. The SMILES string of the molecule is Cc1ccc(N)c(N(CC2CC2)C(C)C)n1. The van der Waals surface area contributed by atoms with Gasteiger partial charge < -0.3 is 10.6 Å². The van der Waals surface area contributed by atoms with E-state index in [0.29, 0.717) is 6.04 Å². The molecule has 3 heteroatoms. The fourth-order valence-corrected chi connectivity index (χ4v) is 1.90. The van der Waals surface area contributed by atoms with Crippen molar-refractivity contribution < 1.29 is 0 Å². The first-order valence-corrected chi connectivity index (χ1v) is 6.07. The molecule has 0 radical (unpaired) electrons. The summed E-state index contributed by atoms with van der Waals surface area (Å²) in [5.41, 5.74) is 7.84. The molecule has 1 aromatic heterocycles. The second-order valence-corrected chi connectivity index (χ2v) is 5.05. The minimum Gasteiger partial charge on any atom is -0.396 e. The Hall–Kier alpha value is -1.25. The van der Waals surface area contributed by atoms with Crippen LogP contribution in [0.5, 0.6) is 0 Å². The van der Waals surface area contributed by atoms with Crippen LogP contribution in [-0.4, -0.2) is 17.6 Å². The summed E-state index contributed by atoms with van der Waals surface area (Å²) < 4.78 is 0. The van der Waals surface area contributed by atoms with E-state index in [0.717, 1.165) is 29.7 Å². The molecule has 16 heavy (non-hydrogen) atoms. The number of nitrogen functional groups attached to an aromatic ring is 1. The van der Waals surface area contributed by atoms with Gasteiger partial charge in [-0.25, -0.2) is 4.98 Å². The molecular formula is C13H21N3. The number of nitrogens with zero attached hydrogens (tertiary/aromatic N) is 2. The van der Waals surface area contributed by atoms with Crippen LogP contribution in [0.3, 0.4) is 0 Å². The summed E-state index contributed by atoms with van der Waals surface area (Å²) in [6.07, 6.45) is 2.71. The van der Waals surface area contributed by atoms with Crippen molar-refractivity contribution in [3.63, 3.8) is 0 Å². The Bertz CT molecular complexity index is 369. The van der Waals surface area contributed by atoms with Gasteiger partial charge >= 0.3 is 0 Å². The van der Waals surface area contributed by atoms with Crippen LogP contribution in [0.4, 0.5) is 11.5 Å². The molecule has 0 unspecified atom stereocenters. The highest BCUT2D eigenvalue weighted by Crippen LogP contribution is 2.33. The van der Waals surface area contributed by atoms with Gasteiger partial charge in [0.2, 0.25) is 0 Å². The van der Waals surface area contributed by atoms with Crippen LogP contribution in [0.2, 0.25) is 0 Å². The van der Waals surface area contributed by atoms with Crippen LogP contribution >= 0.6 is 0 Å². The van der Waals surface area contributed by atoms with E-state index < -0.39 is 0 Å². The first-order chi connectivity index (χ1) is 7.58. The molecule has 1 fully saturated rings. The Labute approximate surface area is 97.7 Å². The molecule has 1 aliphatic rings. The Morgan fingerprint density at radius 1 is 1.44 bits per heavy atom. The lowest BCUT2D eigenvalue weighted by Gasteiger charge is -2.29. The maximum atomic E-state index is 6.02. The molecular weight excluding hydrogens is 198 g/mol. The van der Waals surface area contributed by atoms with E-state index in [2.05, 4.69) is 23.7 Å². The second kappa shape index (κ2) is 4.32. The van der Waals surface area contributed by atoms with Crippen molar-refractivity contribution >= 4 is 11.5 Å². The zero-order chi connectivity index (χ0) is 11.7. The smallest absolute Gasteiger partial charge is 0.152 e. The van der Waals surface area contributed by atoms with Crippen LogP contribution in [0.1, 0.15) is 32.4 Å². The van der Waals surface area contributed by atoms with Crippen molar-refractivity contribution in [2.24, 2.45) is 5.92 Å². The first kappa shape index (κ1) is 11.2. The molecule has 1 aliphatic carbocycles. The average molecular weight is 219 g/mol. The van der Waals surface area contributed by atoms with Crippen LogP contribution in [0.25, 0.3) is 0 Å². The molecule has 0 spiro atoms. The Morgan fingerprint density at radius 2 is 2.12 bits per heavy atom. The number of anilines is 2. The summed E-state index contributed by atoms with van der Waals surface area (Å²) >= 11 is 0. The van der Waals surface area contributed by atoms with Crippen molar-refractivity contribution in [1.82, 2.24) is 4.98 Å². The van der Waals surface area contributed by atoms with Gasteiger partial charge in [-0.15, -0.1) is 0 Å². The maximum Gasteiger partial charge on any atom is 0.152 e. The second-order valence-electron chi connectivity index (χ2n) is 5.05. The molecule has 0 aliphatic heterocycles. The van der Waals surface area contributed by atoms with E-state index in [4.69, 9.17) is 5.73 Å². The fourth-order valence-electron chi connectivity index (χ4n) is 1.90. The summed E-state index contributed by atoms with van der Waals surface area (Å²) in [4.78, 5) is 6.91. The lowest BCUT2D eigenvalue weighted by atomic mass is 10.2. The van der Waals surface area contributed by atoms with Crippen molar-refractivity contribution in [2.75, 3.05) is 17.2 Å². The maximum absolute atomic E-state index is 6.02. The first-order valence-electron chi connectivity index (χ1n) is 6.07. The topological polar surface area (TPSA) is 42.1 Å². The molecule has 88 valence electrons. The molecule has 2 N–H and O–H groups in total. The highest BCUT2D eigenvalue weighted by molar-refractivity contribution is 5.63. The average Bonchev–Trinajstić information content (AvgIpc) is 3.02. The number of aryl methyl sites for hydroxylation is 1. The molecule has 0 amide bonds. The third kappa shape index (κ3) is 2.46. The Kier molecular flexibility index (Phi) is 3.03. The van der Waals surface area contributed by atoms with Crippen molar-refractivity contribution in [3.8, 4) is 0 Å². The monoisotopic (exact) mass is 219 g/mol. The highest BCUT2D eigenvalue weighted by atomic mass is 15.2. The van der Waals surface area contributed by atoms with Gasteiger partial charge in [-0.3, -0.25) is 0 Å². The Morgan fingerprint density at radius 3 is 2.69 bits per heavy atom. The normalized spacial score (nSPS) is 15.5. The van der Waals surface area contributed by atoms with E-state index in [-0.39, 0.29) is 0 Å². The van der Waals surface area contributed by atoms with E-state index in [9.17, 15) is 0 Å². The summed E-state index contributed by atoms with van der Waals surface area (Å²) in [5.74, 6) is 1.81. The predicted octanol–water partition coefficient (Wildman–Crippen LogP) is 2.60. The summed E-state index contributed by atoms with van der Waals surface area (Å²) in [6, 6.07) is 4.38. The molecule has 3 nitrogen and oxygen atoms in total. The van der Waals surface area contributed by atoms with Gasteiger partial charge in [0.15, 0.2) is 5.82 Å². The fraction of sp³-hybridized carbons (Fsp3) is 0.615. The molecule has 1 saturated carbocycles. The van der Waals surface area contributed by atoms with E-state index >= 15 is 0 Å². The van der Waals surface area contributed by atoms with Crippen molar-refractivity contribution in [2.45, 2.75) is 39.7 Å². The molecule has 0 saturated heterocycles. The summed E-state index contributed by atoms with van der Waals surface area (Å²) in [6.45, 7) is 7.51. The molecule has 0 bridgehead atoms. The van der Waals surface area contributed by atoms with Gasteiger partial charge in [0.25, 0.3) is 0 Å². The minimum absolute atomic E-state index is 0.456. The van der Waals surface area contributed by atoms with Gasteiger partial charge in [-0.2, -0.15) is 0 Å². The number of pyridine rings is 1. The van der Waals surface area contributed by atoms with Crippen molar-refractivity contribution in [3.05, 3.63) is 17.8 Å². The predicted molar refractivity (Wildman–Crippen MR) is 68.6 cm³/mol. The van der Waals surface area contributed by atoms with Gasteiger partial charge in [0, 0.05) is 18.3 Å². The van der Waals surface area contributed by atoms with E-state index in [1.54, 1.807) is 0 Å². The quantitative estimate of drug-likeness (QED) is 0.846. The standard InChI is InChI=1S/C13H21N3/c1-9(2)16(8-11-5-6-11)13-12(14)7-4-10(3)15-13/h4,7,9,11H,5-6,8,14H2,1-3H3.